The Labute approximate surface area is 184 Å². The van der Waals surface area contributed by atoms with E-state index in [0.29, 0.717) is 56.0 Å². The number of rotatable bonds is 7. The van der Waals surface area contributed by atoms with Crippen molar-refractivity contribution in [2.24, 2.45) is 5.92 Å². The van der Waals surface area contributed by atoms with Gasteiger partial charge in [-0.3, -0.25) is 9.59 Å². The van der Waals surface area contributed by atoms with Gasteiger partial charge >= 0.3 is 0 Å². The summed E-state index contributed by atoms with van der Waals surface area (Å²) in [6.07, 6.45) is 2.46. The molecule has 2 aliphatic rings. The van der Waals surface area contributed by atoms with Gasteiger partial charge < -0.3 is 19.3 Å². The van der Waals surface area contributed by atoms with E-state index in [0.717, 1.165) is 6.42 Å². The number of ether oxygens (including phenoxy) is 2. The Morgan fingerprint density at radius 2 is 1.68 bits per heavy atom. The van der Waals surface area contributed by atoms with Gasteiger partial charge in [0, 0.05) is 43.2 Å². The summed E-state index contributed by atoms with van der Waals surface area (Å²) in [5.74, 6) is 1.05. The Morgan fingerprint density at radius 1 is 1.06 bits per heavy atom. The first kappa shape index (κ1) is 23.4. The summed E-state index contributed by atoms with van der Waals surface area (Å²) >= 11 is 0. The molecule has 8 nitrogen and oxygen atoms in total. The first-order valence-corrected chi connectivity index (χ1v) is 12.6. The van der Waals surface area contributed by atoms with Crippen LogP contribution in [0.5, 0.6) is 11.5 Å². The van der Waals surface area contributed by atoms with Crippen molar-refractivity contribution in [1.82, 2.24) is 9.80 Å². The van der Waals surface area contributed by atoms with Crippen LogP contribution in [0.4, 0.5) is 0 Å². The molecule has 0 bridgehead atoms. The molecular formula is C22H32N2O6S. The number of methoxy groups -OCH3 is 2. The number of hydrogen-bond donors (Lipinski definition) is 0. The Hall–Kier alpha value is -2.29. The molecular weight excluding hydrogens is 420 g/mol. The minimum Gasteiger partial charge on any atom is -0.497 e. The van der Waals surface area contributed by atoms with Crippen LogP contribution in [0.15, 0.2) is 18.2 Å². The Balaban J connectivity index is 1.64. The van der Waals surface area contributed by atoms with Crippen LogP contribution in [0.1, 0.15) is 43.0 Å². The van der Waals surface area contributed by atoms with E-state index < -0.39 is 9.84 Å². The van der Waals surface area contributed by atoms with Gasteiger partial charge in [0.25, 0.3) is 5.91 Å². The van der Waals surface area contributed by atoms with Crippen LogP contribution in [-0.4, -0.2) is 81.4 Å². The molecule has 0 saturated carbocycles. The van der Waals surface area contributed by atoms with E-state index >= 15 is 0 Å². The lowest BCUT2D eigenvalue weighted by atomic mass is 9.94. The molecule has 172 valence electrons. The fourth-order valence-corrected chi connectivity index (χ4v) is 6.14. The number of hydrogen-bond acceptors (Lipinski definition) is 6. The minimum absolute atomic E-state index is 0.0269. The number of carbonyl (C=O) groups excluding carboxylic acids is 2. The van der Waals surface area contributed by atoms with Crippen LogP contribution in [0.3, 0.4) is 0 Å². The van der Waals surface area contributed by atoms with E-state index in [1.807, 2.05) is 6.92 Å². The lowest BCUT2D eigenvalue weighted by Gasteiger charge is -2.36. The smallest absolute Gasteiger partial charge is 0.254 e. The molecule has 1 atom stereocenters. The molecule has 0 aromatic heterocycles. The molecule has 0 spiro atoms. The quantitative estimate of drug-likeness (QED) is 0.628. The highest BCUT2D eigenvalue weighted by Crippen LogP contribution is 2.27. The summed E-state index contributed by atoms with van der Waals surface area (Å²) in [7, 11) is 0.0264. The van der Waals surface area contributed by atoms with Gasteiger partial charge in [0.2, 0.25) is 5.91 Å². The van der Waals surface area contributed by atoms with Crippen molar-refractivity contribution in [2.75, 3.05) is 45.4 Å². The SMILES string of the molecule is CCCN(C(=O)C1CCN(C(=O)c2cc(OC)cc(OC)c2)CC1)C1CCS(=O)(=O)C1. The van der Waals surface area contributed by atoms with Crippen LogP contribution in [0.2, 0.25) is 0 Å². The number of amides is 2. The highest BCUT2D eigenvalue weighted by atomic mass is 32.2. The largest absolute Gasteiger partial charge is 0.497 e. The van der Waals surface area contributed by atoms with Gasteiger partial charge in [0.1, 0.15) is 11.5 Å². The molecule has 2 fully saturated rings. The van der Waals surface area contributed by atoms with Crippen molar-refractivity contribution in [3.05, 3.63) is 23.8 Å². The molecule has 2 amide bonds. The average Bonchev–Trinajstić information content (AvgIpc) is 3.15. The van der Waals surface area contributed by atoms with Crippen molar-refractivity contribution in [3.63, 3.8) is 0 Å². The van der Waals surface area contributed by atoms with Crippen molar-refractivity contribution in [2.45, 2.75) is 38.6 Å². The van der Waals surface area contributed by atoms with E-state index in [2.05, 4.69) is 0 Å². The van der Waals surface area contributed by atoms with E-state index in [1.54, 1.807) is 28.0 Å². The topological polar surface area (TPSA) is 93.2 Å². The van der Waals surface area contributed by atoms with Crippen molar-refractivity contribution >= 4 is 21.7 Å². The zero-order valence-electron chi connectivity index (χ0n) is 18.5. The van der Waals surface area contributed by atoms with Crippen LogP contribution in [0, 0.1) is 5.92 Å². The third-order valence-corrected chi connectivity index (χ3v) is 7.88. The second-order valence-electron chi connectivity index (χ2n) is 8.26. The predicted molar refractivity (Wildman–Crippen MR) is 117 cm³/mol. The molecule has 2 saturated heterocycles. The molecule has 1 aromatic rings. The molecule has 2 heterocycles. The number of likely N-dealkylation sites (tertiary alicyclic amines) is 1. The standard InChI is InChI=1S/C22H32N2O6S/c1-4-8-24(18-7-11-31(27,28)15-18)22(26)16-5-9-23(10-6-16)21(25)17-12-19(29-2)14-20(13-17)30-3/h12-14,16,18H,4-11,15H2,1-3H3. The number of piperidine rings is 1. The molecule has 0 aliphatic carbocycles. The summed E-state index contributed by atoms with van der Waals surface area (Å²) in [5.41, 5.74) is 0.491. The highest BCUT2D eigenvalue weighted by molar-refractivity contribution is 7.91. The summed E-state index contributed by atoms with van der Waals surface area (Å²) in [6, 6.07) is 4.87. The maximum Gasteiger partial charge on any atom is 0.254 e. The average molecular weight is 453 g/mol. The lowest BCUT2D eigenvalue weighted by Crippen LogP contribution is -2.48. The fourth-order valence-electron chi connectivity index (χ4n) is 4.41. The van der Waals surface area contributed by atoms with E-state index in [4.69, 9.17) is 9.47 Å². The second-order valence-corrected chi connectivity index (χ2v) is 10.5. The van der Waals surface area contributed by atoms with Crippen molar-refractivity contribution in [1.29, 1.82) is 0 Å². The summed E-state index contributed by atoms with van der Waals surface area (Å²) in [4.78, 5) is 29.7. The number of carbonyl (C=O) groups is 2. The Kier molecular flexibility index (Phi) is 7.46. The fraction of sp³-hybridized carbons (Fsp3) is 0.636. The van der Waals surface area contributed by atoms with E-state index in [1.165, 1.54) is 14.2 Å². The maximum absolute atomic E-state index is 13.2. The van der Waals surface area contributed by atoms with Crippen LogP contribution < -0.4 is 9.47 Å². The van der Waals surface area contributed by atoms with Gasteiger partial charge in [0.15, 0.2) is 9.84 Å². The predicted octanol–water partition coefficient (Wildman–Crippen LogP) is 1.98. The Morgan fingerprint density at radius 3 is 2.16 bits per heavy atom. The number of benzene rings is 1. The summed E-state index contributed by atoms with van der Waals surface area (Å²) in [6.45, 7) is 3.53. The second kappa shape index (κ2) is 9.89. The molecule has 0 N–H and O–H groups in total. The van der Waals surface area contributed by atoms with Crippen LogP contribution in [0.25, 0.3) is 0 Å². The van der Waals surface area contributed by atoms with Gasteiger partial charge in [-0.15, -0.1) is 0 Å². The molecule has 1 aromatic carbocycles. The molecule has 0 radical (unpaired) electrons. The zero-order valence-corrected chi connectivity index (χ0v) is 19.3. The van der Waals surface area contributed by atoms with Crippen LogP contribution >= 0.6 is 0 Å². The first-order valence-electron chi connectivity index (χ1n) is 10.8. The molecule has 9 heteroatoms. The van der Waals surface area contributed by atoms with Gasteiger partial charge in [-0.05, 0) is 37.8 Å². The van der Waals surface area contributed by atoms with Gasteiger partial charge in [-0.1, -0.05) is 6.92 Å². The van der Waals surface area contributed by atoms with Gasteiger partial charge in [-0.2, -0.15) is 0 Å². The van der Waals surface area contributed by atoms with Crippen molar-refractivity contribution < 1.29 is 27.5 Å². The molecule has 31 heavy (non-hydrogen) atoms. The Bertz CT molecular complexity index is 886. The van der Waals surface area contributed by atoms with E-state index in [-0.39, 0.29) is 35.3 Å². The summed E-state index contributed by atoms with van der Waals surface area (Å²) < 4.78 is 34.3. The first-order chi connectivity index (χ1) is 14.8. The summed E-state index contributed by atoms with van der Waals surface area (Å²) in [5, 5.41) is 0. The van der Waals surface area contributed by atoms with E-state index in [9.17, 15) is 18.0 Å². The van der Waals surface area contributed by atoms with Gasteiger partial charge in [0.05, 0.1) is 25.7 Å². The lowest BCUT2D eigenvalue weighted by molar-refractivity contribution is -0.138. The number of sulfone groups is 1. The minimum atomic E-state index is -3.05. The zero-order chi connectivity index (χ0) is 22.6. The molecule has 3 rings (SSSR count). The number of nitrogens with zero attached hydrogens (tertiary/aromatic N) is 2. The third-order valence-electron chi connectivity index (χ3n) is 6.13. The normalized spacial score (nSPS) is 21.0. The maximum atomic E-state index is 13.2. The highest BCUT2D eigenvalue weighted by Gasteiger charge is 2.38. The molecule has 2 aliphatic heterocycles. The van der Waals surface area contributed by atoms with Gasteiger partial charge in [-0.25, -0.2) is 8.42 Å². The third kappa shape index (κ3) is 5.50. The monoisotopic (exact) mass is 452 g/mol. The van der Waals surface area contributed by atoms with Crippen molar-refractivity contribution in [3.8, 4) is 11.5 Å². The van der Waals surface area contributed by atoms with Crippen LogP contribution in [-0.2, 0) is 14.6 Å². The molecule has 1 unspecified atom stereocenters.